The summed E-state index contributed by atoms with van der Waals surface area (Å²) in [6.07, 6.45) is 13.4. The van der Waals surface area contributed by atoms with E-state index in [9.17, 15) is 0 Å². The molecule has 3 heteroatoms. The summed E-state index contributed by atoms with van der Waals surface area (Å²) in [6.45, 7) is 22.1. The third-order valence-corrected chi connectivity index (χ3v) is 17.1. The Balaban J connectivity index is 2.24. The van der Waals surface area contributed by atoms with Crippen molar-refractivity contribution in [3.8, 4) is 0 Å². The van der Waals surface area contributed by atoms with Crippen LogP contribution in [0.25, 0.3) is 0 Å². The van der Waals surface area contributed by atoms with Gasteiger partial charge in [0.05, 0.1) is 0 Å². The van der Waals surface area contributed by atoms with Gasteiger partial charge in [-0.25, -0.2) is 0 Å². The predicted octanol–water partition coefficient (Wildman–Crippen LogP) is 7.77. The van der Waals surface area contributed by atoms with Crippen molar-refractivity contribution in [1.82, 2.24) is 0 Å². The molecule has 0 saturated heterocycles. The number of rotatable bonds is 8. The fourth-order valence-electron chi connectivity index (χ4n) is 6.80. The van der Waals surface area contributed by atoms with Gasteiger partial charge in [-0.05, 0) is 0 Å². The van der Waals surface area contributed by atoms with E-state index >= 15 is 0 Å². The zero-order valence-corrected chi connectivity index (χ0v) is 27.9. The van der Waals surface area contributed by atoms with Gasteiger partial charge < -0.3 is 0 Å². The van der Waals surface area contributed by atoms with Crippen LogP contribution in [0.2, 0.25) is 35.1 Å². The Morgan fingerprint density at radius 3 is 2.21 bits per heavy atom. The molecule has 0 radical (unpaired) electrons. The van der Waals surface area contributed by atoms with Gasteiger partial charge in [-0.3, -0.25) is 0 Å². The van der Waals surface area contributed by atoms with Gasteiger partial charge in [-0.1, -0.05) is 0 Å². The first kappa shape index (κ1) is 27.9. The van der Waals surface area contributed by atoms with Gasteiger partial charge in [0.2, 0.25) is 0 Å². The van der Waals surface area contributed by atoms with Crippen molar-refractivity contribution < 1.29 is 17.9 Å². The zero-order valence-electron chi connectivity index (χ0n) is 23.9. The second-order valence-corrected chi connectivity index (χ2v) is 24.0. The summed E-state index contributed by atoms with van der Waals surface area (Å²) in [4.78, 5) is 0. The van der Waals surface area contributed by atoms with Crippen LogP contribution in [0, 0.1) is 18.3 Å². The third kappa shape index (κ3) is 5.22. The summed E-state index contributed by atoms with van der Waals surface area (Å²) in [6, 6.07) is 7.69. The molecule has 34 heavy (non-hydrogen) atoms. The first-order chi connectivity index (χ1) is 15.8. The molecule has 2 aliphatic rings. The van der Waals surface area contributed by atoms with Crippen LogP contribution in [-0.4, -0.2) is 17.6 Å². The van der Waals surface area contributed by atoms with E-state index < -0.39 is 35.5 Å². The summed E-state index contributed by atoms with van der Waals surface area (Å²) in [5, 5.41) is 8.88. The second-order valence-electron chi connectivity index (χ2n) is 12.7. The second kappa shape index (κ2) is 10.4. The Labute approximate surface area is 220 Å². The molecule has 3 atom stereocenters. The molecule has 0 amide bonds. The number of benzene rings is 1. The van der Waals surface area contributed by atoms with Crippen LogP contribution < -0.4 is 10.4 Å². The van der Waals surface area contributed by atoms with Gasteiger partial charge in [0.1, 0.15) is 0 Å². The van der Waals surface area contributed by atoms with Crippen molar-refractivity contribution in [2.75, 3.05) is 0 Å². The molecule has 185 valence electrons. The molecule has 0 spiro atoms. The molecule has 0 aromatic heterocycles. The summed E-state index contributed by atoms with van der Waals surface area (Å²) in [5.41, 5.74) is 6.74. The molecule has 1 aromatic rings. The molecular formula is C31H49Si2Ti. The monoisotopic (exact) mass is 525 g/mol. The van der Waals surface area contributed by atoms with Crippen LogP contribution in [0.4, 0.5) is 0 Å². The van der Waals surface area contributed by atoms with E-state index in [1.54, 1.807) is 27.1 Å². The summed E-state index contributed by atoms with van der Waals surface area (Å²) >= 11 is -1.30. The Bertz CT molecular complexity index is 1050. The number of aryl methyl sites for hydroxylation is 1. The average molecular weight is 526 g/mol. The fourth-order valence-corrected chi connectivity index (χ4v) is 16.5. The normalized spacial score (nSPS) is 26.3. The van der Waals surface area contributed by atoms with Crippen molar-refractivity contribution in [2.45, 2.75) is 95.9 Å². The molecule has 0 fully saturated rings. The van der Waals surface area contributed by atoms with Crippen LogP contribution in [0.5, 0.6) is 0 Å². The maximum atomic E-state index is 2.65. The third-order valence-electron chi connectivity index (χ3n) is 9.10. The molecular weight excluding hydrogens is 476 g/mol. The van der Waals surface area contributed by atoms with Gasteiger partial charge in [-0.15, -0.1) is 0 Å². The number of allylic oxidation sites excluding steroid dienone is 8. The molecule has 2 aliphatic carbocycles. The summed E-state index contributed by atoms with van der Waals surface area (Å²) in [5.74, 6) is 0.696. The zero-order chi connectivity index (χ0) is 25.5. The van der Waals surface area contributed by atoms with E-state index in [2.05, 4.69) is 114 Å². The Morgan fingerprint density at radius 2 is 1.68 bits per heavy atom. The number of hydrogen-bond acceptors (Lipinski definition) is 0. The van der Waals surface area contributed by atoms with E-state index in [4.69, 9.17) is 0 Å². The van der Waals surface area contributed by atoms with Gasteiger partial charge in [0, 0.05) is 0 Å². The van der Waals surface area contributed by atoms with Crippen LogP contribution in [-0.2, 0) is 17.9 Å². The standard InChI is InChI=1S/C29H43Si2.2CH3.Ti/c1-10-23(4)28(14-12-11-13-15-28)20-29(19-22(3)24(5)25(29)6)30-26-16-21(2)17-27(18-26)31(7,8)9;;;/h11-14,16-18,23H,10,15,20,30H2,1-9H3;2*1H3;. The fraction of sp³-hybridized carbons (Fsp3) is 0.548. The first-order valence-corrected chi connectivity index (χ1v) is 22.2. The molecule has 0 bridgehead atoms. The van der Waals surface area contributed by atoms with Gasteiger partial charge in [0.15, 0.2) is 0 Å². The SMILES string of the molecule is CCC(C)C1(CC2([SiH2]c3cc(C)cc([Si](C)(C)C)c3)C(C)=C(C)C(C)=[C]2[Ti]([CH3])[CH3])C=CC=CC1. The molecule has 0 N–H and O–H groups in total. The van der Waals surface area contributed by atoms with Crippen molar-refractivity contribution in [3.05, 3.63) is 68.7 Å². The van der Waals surface area contributed by atoms with E-state index in [-0.39, 0.29) is 5.41 Å². The molecule has 0 heterocycles. The van der Waals surface area contributed by atoms with E-state index in [1.165, 1.54) is 24.8 Å². The van der Waals surface area contributed by atoms with Crippen LogP contribution in [0.1, 0.15) is 59.4 Å². The molecule has 0 aliphatic heterocycles. The summed E-state index contributed by atoms with van der Waals surface area (Å²) < 4.78 is 1.93. The molecule has 0 nitrogen and oxygen atoms in total. The van der Waals surface area contributed by atoms with Crippen LogP contribution in [0.3, 0.4) is 0 Å². The maximum absolute atomic E-state index is 2.65. The predicted molar refractivity (Wildman–Crippen MR) is 157 cm³/mol. The Kier molecular flexibility index (Phi) is 8.51. The van der Waals surface area contributed by atoms with E-state index in [1.807, 2.05) is 3.88 Å². The first-order valence-electron chi connectivity index (χ1n) is 13.4. The Morgan fingerprint density at radius 1 is 1.00 bits per heavy atom. The van der Waals surface area contributed by atoms with Crippen LogP contribution >= 0.6 is 0 Å². The van der Waals surface area contributed by atoms with Crippen molar-refractivity contribution in [1.29, 1.82) is 0 Å². The van der Waals surface area contributed by atoms with Gasteiger partial charge in [-0.2, -0.15) is 0 Å². The number of hydrogen-bond donors (Lipinski definition) is 0. The van der Waals surface area contributed by atoms with E-state index in [0.717, 1.165) is 0 Å². The molecule has 0 saturated carbocycles. The molecule has 3 unspecified atom stereocenters. The summed E-state index contributed by atoms with van der Waals surface area (Å²) in [7, 11) is -1.93. The minimum absolute atomic E-state index is 0.271. The van der Waals surface area contributed by atoms with Gasteiger partial charge >= 0.3 is 222 Å². The van der Waals surface area contributed by atoms with Crippen LogP contribution in [0.15, 0.2) is 63.1 Å². The molecule has 1 aromatic carbocycles. The average Bonchev–Trinajstić information content (AvgIpc) is 2.93. The van der Waals surface area contributed by atoms with Crippen molar-refractivity contribution in [2.24, 2.45) is 11.3 Å². The topological polar surface area (TPSA) is 0 Å². The van der Waals surface area contributed by atoms with E-state index in [0.29, 0.717) is 11.0 Å². The van der Waals surface area contributed by atoms with Gasteiger partial charge in [0.25, 0.3) is 0 Å². The Hall–Kier alpha value is -0.672. The quantitative estimate of drug-likeness (QED) is 0.304. The van der Waals surface area contributed by atoms with Crippen molar-refractivity contribution >= 4 is 28.0 Å². The van der Waals surface area contributed by atoms with Crippen molar-refractivity contribution in [3.63, 3.8) is 0 Å². The molecule has 3 rings (SSSR count). The minimum atomic E-state index is -1.35.